The van der Waals surface area contributed by atoms with E-state index < -0.39 is 23.4 Å². The summed E-state index contributed by atoms with van der Waals surface area (Å²) < 4.78 is 5.75. The molecule has 1 saturated heterocycles. The van der Waals surface area contributed by atoms with E-state index in [2.05, 4.69) is 10.6 Å². The number of hydrogen-bond acceptors (Lipinski definition) is 4. The molecule has 7 heteroatoms. The van der Waals surface area contributed by atoms with Crippen LogP contribution < -0.4 is 15.4 Å². The van der Waals surface area contributed by atoms with Crippen molar-refractivity contribution in [2.75, 3.05) is 11.9 Å². The fraction of sp³-hybridized carbons (Fsp3) is 0.192. The van der Waals surface area contributed by atoms with Gasteiger partial charge in [0.2, 0.25) is 5.91 Å². The molecule has 0 spiro atoms. The minimum Gasteiger partial charge on any atom is -0.489 e. The molecule has 7 nitrogen and oxygen atoms in total. The minimum atomic E-state index is -1.16. The van der Waals surface area contributed by atoms with Crippen LogP contribution in [-0.2, 0) is 21.7 Å². The highest BCUT2D eigenvalue weighted by Crippen LogP contribution is 2.32. The average Bonchev–Trinajstić information content (AvgIpc) is 3.10. The third-order valence-corrected chi connectivity index (χ3v) is 5.66. The number of ether oxygens (including phenoxy) is 1. The Labute approximate surface area is 192 Å². The lowest BCUT2D eigenvalue weighted by atomic mass is 9.87. The molecule has 0 radical (unpaired) electrons. The number of amides is 4. The Balaban J connectivity index is 1.36. The van der Waals surface area contributed by atoms with Crippen molar-refractivity contribution >= 4 is 23.5 Å². The topological polar surface area (TPSA) is 87.7 Å². The van der Waals surface area contributed by atoms with Gasteiger partial charge in [-0.25, -0.2) is 4.79 Å². The van der Waals surface area contributed by atoms with Crippen molar-refractivity contribution in [3.63, 3.8) is 0 Å². The largest absolute Gasteiger partial charge is 0.489 e. The van der Waals surface area contributed by atoms with Gasteiger partial charge >= 0.3 is 6.03 Å². The Kier molecular flexibility index (Phi) is 6.40. The van der Waals surface area contributed by atoms with Crippen molar-refractivity contribution < 1.29 is 19.1 Å². The predicted molar refractivity (Wildman–Crippen MR) is 125 cm³/mol. The molecular weight excluding hydrogens is 418 g/mol. The van der Waals surface area contributed by atoms with Gasteiger partial charge in [0.25, 0.3) is 5.91 Å². The smallest absolute Gasteiger partial charge is 0.325 e. The third kappa shape index (κ3) is 4.72. The lowest BCUT2D eigenvalue weighted by Crippen LogP contribution is -2.44. The lowest BCUT2D eigenvalue weighted by Gasteiger charge is -2.25. The van der Waals surface area contributed by atoms with Gasteiger partial charge in [-0.05, 0) is 41.8 Å². The summed E-state index contributed by atoms with van der Waals surface area (Å²) >= 11 is 0. The van der Waals surface area contributed by atoms with Crippen LogP contribution in [-0.4, -0.2) is 29.3 Å². The zero-order valence-electron chi connectivity index (χ0n) is 18.3. The molecule has 1 fully saturated rings. The van der Waals surface area contributed by atoms with Crippen LogP contribution in [0.25, 0.3) is 0 Å². The Morgan fingerprint density at radius 1 is 0.939 bits per heavy atom. The second-order valence-electron chi connectivity index (χ2n) is 7.79. The van der Waals surface area contributed by atoms with E-state index in [0.717, 1.165) is 10.5 Å². The number of nitrogens with one attached hydrogen (secondary N) is 2. The predicted octanol–water partition coefficient (Wildman–Crippen LogP) is 4.06. The first-order chi connectivity index (χ1) is 16.0. The number of carbonyl (C=O) groups excluding carboxylic acids is 3. The monoisotopic (exact) mass is 443 g/mol. The van der Waals surface area contributed by atoms with Gasteiger partial charge in [-0.3, -0.25) is 14.5 Å². The van der Waals surface area contributed by atoms with Crippen LogP contribution in [0.4, 0.5) is 10.5 Å². The Morgan fingerprint density at radius 3 is 2.21 bits per heavy atom. The SMILES string of the molecule is CC[C@@]1(c2ccccc2)NC(=O)N(CC(=O)Nc2ccc(OCc3ccccc3)cc2)C1=O. The molecule has 0 aromatic heterocycles. The summed E-state index contributed by atoms with van der Waals surface area (Å²) in [6, 6.07) is 25.2. The molecule has 1 heterocycles. The molecule has 4 amide bonds. The van der Waals surface area contributed by atoms with Crippen molar-refractivity contribution in [2.24, 2.45) is 0 Å². The maximum absolute atomic E-state index is 13.1. The van der Waals surface area contributed by atoms with Crippen molar-refractivity contribution in [3.05, 3.63) is 96.1 Å². The number of nitrogens with zero attached hydrogens (tertiary/aromatic N) is 1. The van der Waals surface area contributed by atoms with Crippen LogP contribution in [0.1, 0.15) is 24.5 Å². The van der Waals surface area contributed by atoms with Gasteiger partial charge in [0.1, 0.15) is 24.4 Å². The molecule has 4 rings (SSSR count). The fourth-order valence-electron chi connectivity index (χ4n) is 3.85. The molecule has 3 aromatic rings. The second kappa shape index (κ2) is 9.56. The van der Waals surface area contributed by atoms with E-state index in [9.17, 15) is 14.4 Å². The zero-order valence-corrected chi connectivity index (χ0v) is 18.3. The normalized spacial score (nSPS) is 17.5. The molecule has 1 aliphatic heterocycles. The van der Waals surface area contributed by atoms with Crippen LogP contribution >= 0.6 is 0 Å². The number of benzene rings is 3. The lowest BCUT2D eigenvalue weighted by molar-refractivity contribution is -0.134. The zero-order chi connectivity index (χ0) is 23.3. The van der Waals surface area contributed by atoms with Crippen LogP contribution in [0.15, 0.2) is 84.9 Å². The maximum Gasteiger partial charge on any atom is 0.325 e. The van der Waals surface area contributed by atoms with Crippen molar-refractivity contribution in [1.82, 2.24) is 10.2 Å². The van der Waals surface area contributed by atoms with Crippen LogP contribution in [0, 0.1) is 0 Å². The summed E-state index contributed by atoms with van der Waals surface area (Å²) in [5.74, 6) is -0.223. The molecule has 0 unspecified atom stereocenters. The minimum absolute atomic E-state index is 0.370. The van der Waals surface area contributed by atoms with Crippen molar-refractivity contribution in [2.45, 2.75) is 25.5 Å². The van der Waals surface area contributed by atoms with E-state index in [0.29, 0.717) is 30.0 Å². The van der Waals surface area contributed by atoms with Gasteiger partial charge in [0.05, 0.1) is 0 Å². The van der Waals surface area contributed by atoms with Crippen LogP contribution in [0.3, 0.4) is 0 Å². The maximum atomic E-state index is 13.1. The third-order valence-electron chi connectivity index (χ3n) is 5.66. The summed E-state index contributed by atoms with van der Waals surface area (Å²) in [7, 11) is 0. The number of urea groups is 1. The van der Waals surface area contributed by atoms with Crippen LogP contribution in [0.2, 0.25) is 0 Å². The van der Waals surface area contributed by atoms with Gasteiger partial charge in [-0.15, -0.1) is 0 Å². The van der Waals surface area contributed by atoms with E-state index in [1.54, 1.807) is 36.4 Å². The summed E-state index contributed by atoms with van der Waals surface area (Å²) in [6.45, 7) is 1.90. The van der Waals surface area contributed by atoms with E-state index in [4.69, 9.17) is 4.74 Å². The molecule has 1 atom stereocenters. The average molecular weight is 444 g/mol. The summed E-state index contributed by atoms with van der Waals surface area (Å²) in [5, 5.41) is 5.51. The number of hydrogen-bond donors (Lipinski definition) is 2. The summed E-state index contributed by atoms with van der Waals surface area (Å²) in [6.07, 6.45) is 0.379. The Morgan fingerprint density at radius 2 is 1.58 bits per heavy atom. The Hall–Kier alpha value is -4.13. The van der Waals surface area contributed by atoms with Crippen molar-refractivity contribution in [3.8, 4) is 5.75 Å². The molecule has 0 saturated carbocycles. The van der Waals surface area contributed by atoms with Crippen LogP contribution in [0.5, 0.6) is 5.75 Å². The van der Waals surface area contributed by atoms with E-state index in [1.807, 2.05) is 55.5 Å². The number of anilines is 1. The highest BCUT2D eigenvalue weighted by Gasteiger charge is 2.51. The number of carbonyl (C=O) groups is 3. The first-order valence-electron chi connectivity index (χ1n) is 10.8. The molecule has 0 bridgehead atoms. The fourth-order valence-corrected chi connectivity index (χ4v) is 3.85. The highest BCUT2D eigenvalue weighted by atomic mass is 16.5. The van der Waals surface area contributed by atoms with Gasteiger partial charge in [0, 0.05) is 5.69 Å². The van der Waals surface area contributed by atoms with E-state index in [1.165, 1.54) is 0 Å². The number of imide groups is 1. The first-order valence-corrected chi connectivity index (χ1v) is 10.8. The van der Waals surface area contributed by atoms with Gasteiger partial charge < -0.3 is 15.4 Å². The van der Waals surface area contributed by atoms with Crippen molar-refractivity contribution in [1.29, 1.82) is 0 Å². The second-order valence-corrected chi connectivity index (χ2v) is 7.79. The first kappa shape index (κ1) is 22.1. The molecule has 2 N–H and O–H groups in total. The standard InChI is InChI=1S/C26H25N3O4/c1-2-26(20-11-7-4-8-12-20)24(31)29(25(32)28-26)17-23(30)27-21-13-15-22(16-14-21)33-18-19-9-5-3-6-10-19/h3-16H,2,17-18H2,1H3,(H,27,30)(H,28,32)/t26-/m0/s1. The highest BCUT2D eigenvalue weighted by molar-refractivity contribution is 6.10. The molecule has 168 valence electrons. The summed E-state index contributed by atoms with van der Waals surface area (Å²) in [4.78, 5) is 39.2. The molecule has 1 aliphatic rings. The Bertz CT molecular complexity index is 1130. The molecule has 0 aliphatic carbocycles. The molecule has 33 heavy (non-hydrogen) atoms. The van der Waals surface area contributed by atoms with E-state index >= 15 is 0 Å². The van der Waals surface area contributed by atoms with Gasteiger partial charge in [-0.2, -0.15) is 0 Å². The molecule has 3 aromatic carbocycles. The number of rotatable bonds is 8. The molecular formula is C26H25N3O4. The van der Waals surface area contributed by atoms with E-state index in [-0.39, 0.29) is 6.54 Å². The quantitative estimate of drug-likeness (QED) is 0.514. The summed E-state index contributed by atoms with van der Waals surface area (Å²) in [5.41, 5.74) is 1.14. The van der Waals surface area contributed by atoms with Gasteiger partial charge in [0.15, 0.2) is 0 Å². The van der Waals surface area contributed by atoms with Gasteiger partial charge in [-0.1, -0.05) is 67.6 Å².